The SMILES string of the molecule is O=C(O)C(=CNC1CCN(C(=O)OCc2ccccc2)C1)C(=O)c1cccnc1Cl. The highest BCUT2D eigenvalue weighted by Crippen LogP contribution is 2.17. The molecule has 1 aliphatic rings. The fourth-order valence-electron chi connectivity index (χ4n) is 3.00. The quantitative estimate of drug-likeness (QED) is 0.229. The van der Waals surface area contributed by atoms with Crippen LogP contribution in [0.3, 0.4) is 0 Å². The van der Waals surface area contributed by atoms with Crippen LogP contribution in [0.25, 0.3) is 0 Å². The lowest BCUT2D eigenvalue weighted by molar-refractivity contribution is -0.132. The van der Waals surface area contributed by atoms with E-state index >= 15 is 0 Å². The molecule has 0 radical (unpaired) electrons. The Kier molecular flexibility index (Phi) is 7.03. The van der Waals surface area contributed by atoms with Gasteiger partial charge < -0.3 is 20.1 Å². The number of ketones is 1. The van der Waals surface area contributed by atoms with Gasteiger partial charge in [-0.25, -0.2) is 14.6 Å². The molecule has 1 amide bonds. The summed E-state index contributed by atoms with van der Waals surface area (Å²) in [6.45, 7) is 0.973. The summed E-state index contributed by atoms with van der Waals surface area (Å²) in [5, 5.41) is 12.3. The standard InChI is InChI=1S/C21H20ClN3O5/c22-19-16(7-4-9-23-19)18(26)17(20(27)28)11-24-15-8-10-25(12-15)21(29)30-13-14-5-2-1-3-6-14/h1-7,9,11,15,24H,8,10,12-13H2,(H,27,28). The molecule has 1 fully saturated rings. The van der Waals surface area contributed by atoms with E-state index in [-0.39, 0.29) is 23.4 Å². The Morgan fingerprint density at radius 3 is 2.70 bits per heavy atom. The number of pyridine rings is 1. The minimum absolute atomic E-state index is 0.00662. The van der Waals surface area contributed by atoms with Gasteiger partial charge in [0.2, 0.25) is 5.78 Å². The number of ether oxygens (including phenoxy) is 1. The van der Waals surface area contributed by atoms with Gasteiger partial charge in [-0.1, -0.05) is 41.9 Å². The van der Waals surface area contributed by atoms with Crippen molar-refractivity contribution in [1.29, 1.82) is 0 Å². The van der Waals surface area contributed by atoms with E-state index in [4.69, 9.17) is 16.3 Å². The van der Waals surface area contributed by atoms with Crippen molar-refractivity contribution in [3.63, 3.8) is 0 Å². The first-order valence-electron chi connectivity index (χ1n) is 9.26. The van der Waals surface area contributed by atoms with E-state index in [2.05, 4.69) is 10.3 Å². The summed E-state index contributed by atoms with van der Waals surface area (Å²) in [4.78, 5) is 41.6. The predicted octanol–water partition coefficient (Wildman–Crippen LogP) is 2.89. The third kappa shape index (κ3) is 5.36. The molecule has 0 aliphatic carbocycles. The summed E-state index contributed by atoms with van der Waals surface area (Å²) in [5.74, 6) is -2.13. The van der Waals surface area contributed by atoms with Crippen LogP contribution in [0.15, 0.2) is 60.4 Å². The van der Waals surface area contributed by atoms with Crippen molar-refractivity contribution in [2.45, 2.75) is 19.1 Å². The largest absolute Gasteiger partial charge is 0.477 e. The molecule has 2 aromatic rings. The third-order valence-corrected chi connectivity index (χ3v) is 4.89. The number of benzene rings is 1. The molecule has 9 heteroatoms. The Morgan fingerprint density at radius 1 is 1.23 bits per heavy atom. The number of halogens is 1. The number of aliphatic carboxylic acids is 1. The molecular formula is C21H20ClN3O5. The van der Waals surface area contributed by atoms with E-state index in [0.717, 1.165) is 11.8 Å². The van der Waals surface area contributed by atoms with Crippen LogP contribution in [-0.4, -0.2) is 52.0 Å². The summed E-state index contributed by atoms with van der Waals surface area (Å²) < 4.78 is 5.31. The molecule has 1 atom stereocenters. The van der Waals surface area contributed by atoms with Gasteiger partial charge in [-0.3, -0.25) is 4.79 Å². The van der Waals surface area contributed by atoms with Gasteiger partial charge in [0, 0.05) is 31.5 Å². The monoisotopic (exact) mass is 429 g/mol. The molecule has 2 N–H and O–H groups in total. The topological polar surface area (TPSA) is 109 Å². The van der Waals surface area contributed by atoms with Crippen molar-refractivity contribution in [3.8, 4) is 0 Å². The number of carbonyl (C=O) groups excluding carboxylic acids is 2. The van der Waals surface area contributed by atoms with Crippen molar-refractivity contribution in [1.82, 2.24) is 15.2 Å². The Morgan fingerprint density at radius 2 is 2.00 bits per heavy atom. The highest BCUT2D eigenvalue weighted by molar-refractivity contribution is 6.35. The molecule has 3 rings (SSSR count). The van der Waals surface area contributed by atoms with Gasteiger partial charge >= 0.3 is 12.1 Å². The van der Waals surface area contributed by atoms with E-state index in [1.54, 1.807) is 0 Å². The number of carboxylic acids is 1. The van der Waals surface area contributed by atoms with Gasteiger partial charge in [0.05, 0.1) is 5.56 Å². The number of nitrogens with zero attached hydrogens (tertiary/aromatic N) is 2. The lowest BCUT2D eigenvalue weighted by Gasteiger charge is -2.16. The van der Waals surface area contributed by atoms with Crippen molar-refractivity contribution in [3.05, 3.63) is 76.7 Å². The Balaban J connectivity index is 1.57. The van der Waals surface area contributed by atoms with E-state index in [1.807, 2.05) is 30.3 Å². The highest BCUT2D eigenvalue weighted by atomic mass is 35.5. The second kappa shape index (κ2) is 9.89. The molecular weight excluding hydrogens is 410 g/mol. The number of likely N-dealkylation sites (tertiary alicyclic amines) is 1. The van der Waals surface area contributed by atoms with Gasteiger partial charge in [-0.05, 0) is 24.1 Å². The Bertz CT molecular complexity index is 964. The zero-order valence-electron chi connectivity index (χ0n) is 16.0. The number of carbonyl (C=O) groups is 3. The van der Waals surface area contributed by atoms with Crippen LogP contribution in [0.2, 0.25) is 5.15 Å². The highest BCUT2D eigenvalue weighted by Gasteiger charge is 2.28. The number of rotatable bonds is 7. The van der Waals surface area contributed by atoms with Crippen LogP contribution in [0, 0.1) is 0 Å². The normalized spacial score (nSPS) is 16.2. The first-order valence-corrected chi connectivity index (χ1v) is 9.64. The molecule has 8 nitrogen and oxygen atoms in total. The van der Waals surface area contributed by atoms with Gasteiger partial charge in [-0.2, -0.15) is 0 Å². The fourth-order valence-corrected chi connectivity index (χ4v) is 3.20. The van der Waals surface area contributed by atoms with Crippen LogP contribution in [0.4, 0.5) is 4.79 Å². The second-order valence-corrected chi connectivity index (χ2v) is 7.03. The molecule has 2 heterocycles. The number of aromatic nitrogens is 1. The van der Waals surface area contributed by atoms with Crippen molar-refractivity contribution in [2.75, 3.05) is 13.1 Å². The van der Waals surface area contributed by atoms with Crippen LogP contribution < -0.4 is 5.32 Å². The molecule has 0 bridgehead atoms. The van der Waals surface area contributed by atoms with E-state index in [1.165, 1.54) is 23.2 Å². The summed E-state index contributed by atoms with van der Waals surface area (Å²) in [6.07, 6.45) is 2.71. The molecule has 1 aromatic carbocycles. The van der Waals surface area contributed by atoms with Gasteiger partial charge in [0.15, 0.2) is 0 Å². The molecule has 1 unspecified atom stereocenters. The number of amides is 1. The zero-order valence-corrected chi connectivity index (χ0v) is 16.7. The molecule has 1 saturated heterocycles. The summed E-state index contributed by atoms with van der Waals surface area (Å²) in [7, 11) is 0. The number of hydrogen-bond acceptors (Lipinski definition) is 6. The summed E-state index contributed by atoms with van der Waals surface area (Å²) in [5.41, 5.74) is 0.434. The van der Waals surface area contributed by atoms with Gasteiger partial charge in [0.25, 0.3) is 0 Å². The smallest absolute Gasteiger partial charge is 0.410 e. The fraction of sp³-hybridized carbons (Fsp3) is 0.238. The molecule has 30 heavy (non-hydrogen) atoms. The maximum absolute atomic E-state index is 12.5. The second-order valence-electron chi connectivity index (χ2n) is 6.67. The zero-order chi connectivity index (χ0) is 21.5. The molecule has 1 aliphatic heterocycles. The first-order chi connectivity index (χ1) is 14.5. The first kappa shape index (κ1) is 21.3. The van der Waals surface area contributed by atoms with Crippen LogP contribution in [0.5, 0.6) is 0 Å². The summed E-state index contributed by atoms with van der Waals surface area (Å²) >= 11 is 5.89. The lowest BCUT2D eigenvalue weighted by Crippen LogP contribution is -2.34. The number of Topliss-reactive ketones (excluding diaryl/α,β-unsaturated/α-hetero) is 1. The average Bonchev–Trinajstić information content (AvgIpc) is 3.22. The maximum Gasteiger partial charge on any atom is 0.410 e. The van der Waals surface area contributed by atoms with E-state index < -0.39 is 23.4 Å². The Hall–Kier alpha value is -3.39. The molecule has 0 saturated carbocycles. The van der Waals surface area contributed by atoms with Crippen LogP contribution in [-0.2, 0) is 16.1 Å². The van der Waals surface area contributed by atoms with Crippen LogP contribution in [0.1, 0.15) is 22.3 Å². The third-order valence-electron chi connectivity index (χ3n) is 4.59. The minimum Gasteiger partial charge on any atom is -0.477 e. The van der Waals surface area contributed by atoms with Crippen molar-refractivity contribution >= 4 is 29.4 Å². The van der Waals surface area contributed by atoms with Gasteiger partial charge in [-0.15, -0.1) is 0 Å². The predicted molar refractivity (Wildman–Crippen MR) is 109 cm³/mol. The van der Waals surface area contributed by atoms with E-state index in [0.29, 0.717) is 19.5 Å². The maximum atomic E-state index is 12.5. The van der Waals surface area contributed by atoms with E-state index in [9.17, 15) is 19.5 Å². The minimum atomic E-state index is -1.38. The lowest BCUT2D eigenvalue weighted by atomic mass is 10.1. The van der Waals surface area contributed by atoms with Gasteiger partial charge in [0.1, 0.15) is 17.3 Å². The van der Waals surface area contributed by atoms with Crippen molar-refractivity contribution < 1.29 is 24.2 Å². The number of hydrogen-bond donors (Lipinski definition) is 2. The average molecular weight is 430 g/mol. The summed E-state index contributed by atoms with van der Waals surface area (Å²) in [6, 6.07) is 12.1. The van der Waals surface area contributed by atoms with Crippen molar-refractivity contribution in [2.24, 2.45) is 0 Å². The molecule has 0 spiro atoms. The molecule has 156 valence electrons. The number of nitrogens with one attached hydrogen (secondary N) is 1. The molecule has 1 aromatic heterocycles. The number of carboxylic acid groups (broad SMARTS) is 1. The Labute approximate surface area is 178 Å². The van der Waals surface area contributed by atoms with Crippen LogP contribution >= 0.6 is 11.6 Å².